The maximum Gasteiger partial charge on any atom is 0.239 e. The molecule has 1 aliphatic heterocycles. The van der Waals surface area contributed by atoms with E-state index in [0.29, 0.717) is 17.9 Å². The number of hydrogen-bond donors (Lipinski definition) is 1. The lowest BCUT2D eigenvalue weighted by molar-refractivity contribution is -0.117. The van der Waals surface area contributed by atoms with Gasteiger partial charge in [0.2, 0.25) is 5.91 Å². The van der Waals surface area contributed by atoms with Crippen LogP contribution < -0.4 is 10.2 Å². The Morgan fingerprint density at radius 1 is 1.16 bits per heavy atom. The summed E-state index contributed by atoms with van der Waals surface area (Å²) < 4.78 is 7.40. The van der Waals surface area contributed by atoms with Gasteiger partial charge in [-0.1, -0.05) is 23.7 Å². The monoisotopic (exact) mass is 451 g/mol. The Hall–Kier alpha value is -3.21. The predicted octanol–water partition coefficient (Wildman–Crippen LogP) is 4.03. The maximum atomic E-state index is 12.9. The molecule has 0 radical (unpaired) electrons. The third kappa shape index (κ3) is 4.52. The van der Waals surface area contributed by atoms with Crippen LogP contribution in [0.3, 0.4) is 0 Å². The average Bonchev–Trinajstić information content (AvgIpc) is 3.38. The number of anilines is 2. The number of piperazine rings is 1. The van der Waals surface area contributed by atoms with Gasteiger partial charge in [0, 0.05) is 31.9 Å². The minimum Gasteiger partial charge on any atom is -0.467 e. The van der Waals surface area contributed by atoms with Crippen molar-refractivity contribution in [3.05, 3.63) is 70.3 Å². The highest BCUT2D eigenvalue weighted by Crippen LogP contribution is 2.28. The van der Waals surface area contributed by atoms with E-state index in [-0.39, 0.29) is 12.5 Å². The minimum absolute atomic E-state index is 0.133. The second-order valence-corrected chi connectivity index (χ2v) is 8.38. The van der Waals surface area contributed by atoms with Crippen LogP contribution in [0.15, 0.2) is 47.1 Å². The summed E-state index contributed by atoms with van der Waals surface area (Å²) in [5.41, 5.74) is 3.31. The van der Waals surface area contributed by atoms with E-state index in [0.717, 1.165) is 53.9 Å². The third-order valence-corrected chi connectivity index (χ3v) is 6.35. The lowest BCUT2D eigenvalue weighted by atomic mass is 10.2. The van der Waals surface area contributed by atoms with E-state index in [2.05, 4.69) is 21.2 Å². The fraction of sp³-hybridized carbons (Fsp3) is 0.333. The molecule has 1 aliphatic rings. The molecule has 1 N–H and O–H groups in total. The summed E-state index contributed by atoms with van der Waals surface area (Å²) in [6, 6.07) is 13.8. The summed E-state index contributed by atoms with van der Waals surface area (Å²) in [6.07, 6.45) is 1.62. The standard InChI is InChI=1S/C24H26ClN5O2/c1-17-18(2)30(15-19-6-5-13-32-19)24(20(17)14-26)27-23(31)16-28-9-11-29(12-10-28)22-8-4-3-7-21(22)25/h3-8,13H,9-12,15-16H2,1-2H3,(H,27,31). The number of nitriles is 1. The Morgan fingerprint density at radius 3 is 2.56 bits per heavy atom. The van der Waals surface area contributed by atoms with Gasteiger partial charge in [-0.3, -0.25) is 9.69 Å². The molecule has 1 aromatic carbocycles. The topological polar surface area (TPSA) is 77.4 Å². The smallest absolute Gasteiger partial charge is 0.239 e. The van der Waals surface area contributed by atoms with Gasteiger partial charge in [0.05, 0.1) is 35.6 Å². The van der Waals surface area contributed by atoms with Gasteiger partial charge in [-0.15, -0.1) is 0 Å². The Bertz CT molecular complexity index is 1140. The molecule has 166 valence electrons. The molecule has 0 bridgehead atoms. The summed E-state index contributed by atoms with van der Waals surface area (Å²) in [4.78, 5) is 17.3. The molecular formula is C24H26ClN5O2. The van der Waals surface area contributed by atoms with E-state index in [1.807, 2.05) is 54.8 Å². The molecule has 8 heteroatoms. The van der Waals surface area contributed by atoms with Crippen molar-refractivity contribution in [1.29, 1.82) is 5.26 Å². The van der Waals surface area contributed by atoms with Gasteiger partial charge in [0.25, 0.3) is 0 Å². The number of amides is 1. The van der Waals surface area contributed by atoms with Crippen LogP contribution in [-0.4, -0.2) is 48.1 Å². The summed E-state index contributed by atoms with van der Waals surface area (Å²) in [5, 5.41) is 13.4. The Morgan fingerprint density at radius 2 is 1.91 bits per heavy atom. The van der Waals surface area contributed by atoms with Crippen molar-refractivity contribution >= 4 is 29.0 Å². The fourth-order valence-corrected chi connectivity index (χ4v) is 4.37. The van der Waals surface area contributed by atoms with E-state index in [4.69, 9.17) is 16.0 Å². The number of nitrogens with zero attached hydrogens (tertiary/aromatic N) is 4. The van der Waals surface area contributed by atoms with Crippen molar-refractivity contribution in [2.45, 2.75) is 20.4 Å². The first-order chi connectivity index (χ1) is 15.5. The number of furan rings is 1. The van der Waals surface area contributed by atoms with Crippen LogP contribution >= 0.6 is 11.6 Å². The minimum atomic E-state index is -0.133. The largest absolute Gasteiger partial charge is 0.467 e. The van der Waals surface area contributed by atoms with Crippen LogP contribution in [-0.2, 0) is 11.3 Å². The van der Waals surface area contributed by atoms with E-state index in [1.54, 1.807) is 6.26 Å². The number of carbonyl (C=O) groups is 1. The number of benzene rings is 1. The molecule has 7 nitrogen and oxygen atoms in total. The normalized spacial score (nSPS) is 14.4. The van der Waals surface area contributed by atoms with Crippen LogP contribution in [0.25, 0.3) is 0 Å². The van der Waals surface area contributed by atoms with Crippen molar-refractivity contribution in [3.63, 3.8) is 0 Å². The molecule has 3 heterocycles. The number of nitrogens with one attached hydrogen (secondary N) is 1. The van der Waals surface area contributed by atoms with Gasteiger partial charge in [0.15, 0.2) is 0 Å². The molecule has 32 heavy (non-hydrogen) atoms. The fourth-order valence-electron chi connectivity index (χ4n) is 4.12. The van der Waals surface area contributed by atoms with Crippen molar-refractivity contribution in [3.8, 4) is 6.07 Å². The van der Waals surface area contributed by atoms with Crippen LogP contribution in [0, 0.1) is 25.2 Å². The summed E-state index contributed by atoms with van der Waals surface area (Å²) in [6.45, 7) is 7.68. The van der Waals surface area contributed by atoms with E-state index in [1.165, 1.54) is 0 Å². The Labute approximate surface area is 192 Å². The van der Waals surface area contributed by atoms with Crippen molar-refractivity contribution in [2.24, 2.45) is 0 Å². The van der Waals surface area contributed by atoms with E-state index < -0.39 is 0 Å². The van der Waals surface area contributed by atoms with Crippen LogP contribution in [0.5, 0.6) is 0 Å². The lowest BCUT2D eigenvalue weighted by Gasteiger charge is -2.36. The maximum absolute atomic E-state index is 12.9. The van der Waals surface area contributed by atoms with Gasteiger partial charge in [-0.2, -0.15) is 5.26 Å². The molecule has 3 aromatic rings. The zero-order valence-corrected chi connectivity index (χ0v) is 19.0. The van der Waals surface area contributed by atoms with Crippen molar-refractivity contribution < 1.29 is 9.21 Å². The first kappa shape index (κ1) is 22.0. The van der Waals surface area contributed by atoms with Gasteiger partial charge in [0.1, 0.15) is 17.6 Å². The summed E-state index contributed by atoms with van der Waals surface area (Å²) in [5.74, 6) is 1.16. The highest BCUT2D eigenvalue weighted by molar-refractivity contribution is 6.33. The van der Waals surface area contributed by atoms with Crippen LogP contribution in [0.1, 0.15) is 22.6 Å². The van der Waals surface area contributed by atoms with Gasteiger partial charge < -0.3 is 19.2 Å². The Balaban J connectivity index is 1.42. The number of halogens is 1. The first-order valence-electron chi connectivity index (χ1n) is 10.6. The van der Waals surface area contributed by atoms with E-state index >= 15 is 0 Å². The molecule has 0 atom stereocenters. The molecule has 1 amide bonds. The van der Waals surface area contributed by atoms with Crippen LogP contribution in [0.2, 0.25) is 5.02 Å². The third-order valence-electron chi connectivity index (χ3n) is 6.03. The van der Waals surface area contributed by atoms with Gasteiger partial charge in [-0.05, 0) is 43.7 Å². The molecule has 0 saturated carbocycles. The molecule has 1 fully saturated rings. The number of para-hydroxylation sites is 1. The number of hydrogen-bond acceptors (Lipinski definition) is 5. The highest BCUT2D eigenvalue weighted by atomic mass is 35.5. The molecule has 0 unspecified atom stereocenters. The molecule has 0 spiro atoms. The number of aromatic nitrogens is 1. The second-order valence-electron chi connectivity index (χ2n) is 7.97. The van der Waals surface area contributed by atoms with Crippen LogP contribution in [0.4, 0.5) is 11.5 Å². The zero-order valence-electron chi connectivity index (χ0n) is 18.3. The molecule has 2 aromatic heterocycles. The SMILES string of the molecule is Cc1c(C#N)c(NC(=O)CN2CCN(c3ccccc3Cl)CC2)n(Cc2ccco2)c1C. The summed E-state index contributed by atoms with van der Waals surface area (Å²) in [7, 11) is 0. The quantitative estimate of drug-likeness (QED) is 0.612. The number of carbonyl (C=O) groups excluding carboxylic acids is 1. The molecular weight excluding hydrogens is 426 g/mol. The van der Waals surface area contributed by atoms with E-state index in [9.17, 15) is 10.1 Å². The van der Waals surface area contributed by atoms with Crippen molar-refractivity contribution in [2.75, 3.05) is 42.9 Å². The predicted molar refractivity (Wildman–Crippen MR) is 125 cm³/mol. The molecule has 1 saturated heterocycles. The lowest BCUT2D eigenvalue weighted by Crippen LogP contribution is -2.48. The summed E-state index contributed by atoms with van der Waals surface area (Å²) >= 11 is 6.32. The first-order valence-corrected chi connectivity index (χ1v) is 11.0. The number of rotatable bonds is 6. The second kappa shape index (κ2) is 9.51. The van der Waals surface area contributed by atoms with Crippen molar-refractivity contribution in [1.82, 2.24) is 9.47 Å². The van der Waals surface area contributed by atoms with Gasteiger partial charge >= 0.3 is 0 Å². The molecule has 0 aliphatic carbocycles. The Kier molecular flexibility index (Phi) is 6.54. The average molecular weight is 452 g/mol. The highest BCUT2D eigenvalue weighted by Gasteiger charge is 2.23. The zero-order chi connectivity index (χ0) is 22.7. The van der Waals surface area contributed by atoms with Gasteiger partial charge in [-0.25, -0.2) is 0 Å². The molecule has 4 rings (SSSR count).